The lowest BCUT2D eigenvalue weighted by Gasteiger charge is -2.17. The third-order valence-electron chi connectivity index (χ3n) is 10.9. The predicted molar refractivity (Wildman–Crippen MR) is 236 cm³/mol. The minimum Gasteiger partial charge on any atom is -0.295 e. The molecule has 0 bridgehead atoms. The van der Waals surface area contributed by atoms with Crippen LogP contribution in [-0.4, -0.2) is 11.6 Å². The third-order valence-corrected chi connectivity index (χ3v) is 10.9. The van der Waals surface area contributed by atoms with E-state index in [4.69, 9.17) is 0 Å². The van der Waals surface area contributed by atoms with Gasteiger partial charge in [0.15, 0.2) is 11.6 Å². The fourth-order valence-electron chi connectivity index (χ4n) is 7.98. The average molecular weight is 719 g/mol. The van der Waals surface area contributed by atoms with Crippen molar-refractivity contribution >= 4 is 78.0 Å². The topological polar surface area (TPSA) is 34.1 Å². The molecule has 0 radical (unpaired) electrons. The van der Waals surface area contributed by atoms with E-state index < -0.39 is 0 Å². The van der Waals surface area contributed by atoms with E-state index in [-0.39, 0.29) is 11.6 Å². The Morgan fingerprint density at radius 3 is 1.00 bits per heavy atom. The lowest BCUT2D eigenvalue weighted by molar-refractivity contribution is 0.100. The number of Topliss-reactive ketones (excluding diaryl/α,β-unsaturated/α-hetero) is 2. The van der Waals surface area contributed by atoms with E-state index in [2.05, 4.69) is 146 Å². The van der Waals surface area contributed by atoms with E-state index >= 15 is 0 Å². The Labute approximate surface area is 326 Å². The van der Waals surface area contributed by atoms with Crippen molar-refractivity contribution in [3.05, 3.63) is 226 Å². The van der Waals surface area contributed by atoms with E-state index in [1.165, 1.54) is 43.1 Å². The molecule has 0 atom stereocenters. The van der Waals surface area contributed by atoms with Gasteiger partial charge in [-0.05, 0) is 126 Å². The average Bonchev–Trinajstić information content (AvgIpc) is 3.25. The van der Waals surface area contributed by atoms with Crippen molar-refractivity contribution in [3.63, 3.8) is 0 Å². The van der Waals surface area contributed by atoms with Crippen LogP contribution in [0.1, 0.15) is 67.9 Å². The van der Waals surface area contributed by atoms with Crippen LogP contribution < -0.4 is 0 Å². The number of hydrogen-bond donors (Lipinski definition) is 0. The summed E-state index contributed by atoms with van der Waals surface area (Å²) in [5, 5.41) is 9.58. The van der Waals surface area contributed by atoms with Crippen LogP contribution in [-0.2, 0) is 0 Å². The molecule has 0 aromatic heterocycles. The predicted octanol–water partition coefficient (Wildman–Crippen LogP) is 13.9. The van der Waals surface area contributed by atoms with Crippen LogP contribution in [0.5, 0.6) is 0 Å². The van der Waals surface area contributed by atoms with Gasteiger partial charge in [-0.1, -0.05) is 170 Å². The molecule has 2 nitrogen and oxygen atoms in total. The molecule has 2 heteroatoms. The molecule has 0 heterocycles. The van der Waals surface area contributed by atoms with Crippen LogP contribution in [0.25, 0.3) is 66.4 Å². The standard InChI is InChI=1S/C54H38O2/c1-35(55)39-23-19-37(20-24-39)31-51(53-33-43-11-3-5-13-45(43)47-15-7-9-17-49(47)53)41-27-29-42(30-28-41)52(32-38-21-25-40(26-22-38)36(2)56)54-34-44-12-4-6-14-46(44)48-16-8-10-18-50(48)54/h3-34H,1-2H3/b51-31+,52-32+. The first-order valence-electron chi connectivity index (χ1n) is 19.0. The molecule has 0 aliphatic carbocycles. The molecule has 266 valence electrons. The summed E-state index contributed by atoms with van der Waals surface area (Å²) >= 11 is 0. The maximum absolute atomic E-state index is 12.1. The fourth-order valence-corrected chi connectivity index (χ4v) is 7.98. The highest BCUT2D eigenvalue weighted by Crippen LogP contribution is 2.39. The number of carbonyl (C=O) groups excluding carboxylic acids is 2. The minimum absolute atomic E-state index is 0.0507. The van der Waals surface area contributed by atoms with E-state index in [9.17, 15) is 9.59 Å². The van der Waals surface area contributed by atoms with E-state index in [0.717, 1.165) is 44.5 Å². The molecule has 9 aromatic rings. The maximum Gasteiger partial charge on any atom is 0.159 e. The SMILES string of the molecule is CC(=O)c1ccc(/C=C(\c2ccc(/C(=C\c3ccc(C(C)=O)cc3)c3cc4ccccc4c4ccccc34)cc2)c2cc3ccccc3c3ccccc23)cc1. The van der Waals surface area contributed by atoms with Crippen molar-refractivity contribution in [2.45, 2.75) is 13.8 Å². The zero-order valence-corrected chi connectivity index (χ0v) is 31.3. The molecule has 0 aliphatic heterocycles. The van der Waals surface area contributed by atoms with Crippen LogP contribution in [0.2, 0.25) is 0 Å². The normalized spacial score (nSPS) is 12.1. The number of hydrogen-bond acceptors (Lipinski definition) is 2. The monoisotopic (exact) mass is 718 g/mol. The van der Waals surface area contributed by atoms with Gasteiger partial charge in [-0.15, -0.1) is 0 Å². The van der Waals surface area contributed by atoms with E-state index in [0.29, 0.717) is 11.1 Å². The van der Waals surface area contributed by atoms with Gasteiger partial charge in [-0.3, -0.25) is 9.59 Å². The van der Waals surface area contributed by atoms with Crippen molar-refractivity contribution < 1.29 is 9.59 Å². The van der Waals surface area contributed by atoms with Gasteiger partial charge < -0.3 is 0 Å². The first-order chi connectivity index (χ1) is 27.4. The highest BCUT2D eigenvalue weighted by atomic mass is 16.1. The van der Waals surface area contributed by atoms with Crippen molar-refractivity contribution in [1.82, 2.24) is 0 Å². The van der Waals surface area contributed by atoms with Gasteiger partial charge in [0.2, 0.25) is 0 Å². The maximum atomic E-state index is 12.1. The first kappa shape index (κ1) is 34.6. The summed E-state index contributed by atoms with van der Waals surface area (Å²) in [6.45, 7) is 3.20. The van der Waals surface area contributed by atoms with Crippen LogP contribution in [0, 0.1) is 0 Å². The van der Waals surface area contributed by atoms with E-state index in [1.807, 2.05) is 48.5 Å². The summed E-state index contributed by atoms with van der Waals surface area (Å²) in [5.74, 6) is 0.101. The van der Waals surface area contributed by atoms with Crippen LogP contribution in [0.4, 0.5) is 0 Å². The first-order valence-corrected chi connectivity index (χ1v) is 19.0. The van der Waals surface area contributed by atoms with Crippen molar-refractivity contribution in [1.29, 1.82) is 0 Å². The molecule has 9 aromatic carbocycles. The molecule has 9 rings (SSSR count). The largest absolute Gasteiger partial charge is 0.295 e. The summed E-state index contributed by atoms with van der Waals surface area (Å²) in [7, 11) is 0. The zero-order chi connectivity index (χ0) is 38.2. The smallest absolute Gasteiger partial charge is 0.159 e. The molecule has 0 amide bonds. The summed E-state index contributed by atoms with van der Waals surface area (Å²) in [5.41, 5.74) is 10.1. The van der Waals surface area contributed by atoms with Crippen molar-refractivity contribution in [3.8, 4) is 0 Å². The number of ketones is 2. The van der Waals surface area contributed by atoms with Crippen molar-refractivity contribution in [2.24, 2.45) is 0 Å². The van der Waals surface area contributed by atoms with Crippen LogP contribution in [0.15, 0.2) is 182 Å². The Hall–Kier alpha value is -7.16. The van der Waals surface area contributed by atoms with Gasteiger partial charge >= 0.3 is 0 Å². The molecule has 56 heavy (non-hydrogen) atoms. The Kier molecular flexibility index (Phi) is 9.01. The molecule has 0 spiro atoms. The second-order valence-corrected chi connectivity index (χ2v) is 14.4. The Morgan fingerprint density at radius 1 is 0.339 bits per heavy atom. The molecule has 0 unspecified atom stereocenters. The molecule has 0 saturated heterocycles. The summed E-state index contributed by atoms with van der Waals surface area (Å²) < 4.78 is 0. The third kappa shape index (κ3) is 6.52. The van der Waals surface area contributed by atoms with Gasteiger partial charge in [-0.2, -0.15) is 0 Å². The van der Waals surface area contributed by atoms with Gasteiger partial charge in [0.05, 0.1) is 0 Å². The molecular weight excluding hydrogens is 681 g/mol. The van der Waals surface area contributed by atoms with Crippen LogP contribution in [0.3, 0.4) is 0 Å². The lowest BCUT2D eigenvalue weighted by atomic mass is 9.86. The molecule has 0 fully saturated rings. The molecule has 0 N–H and O–H groups in total. The van der Waals surface area contributed by atoms with Gasteiger partial charge in [0, 0.05) is 11.1 Å². The molecule has 0 aliphatic rings. The Bertz CT molecular complexity index is 2830. The van der Waals surface area contributed by atoms with Gasteiger partial charge in [-0.25, -0.2) is 0 Å². The highest BCUT2D eigenvalue weighted by molar-refractivity contribution is 6.16. The fraction of sp³-hybridized carbons (Fsp3) is 0.0370. The number of carbonyl (C=O) groups is 2. The second-order valence-electron chi connectivity index (χ2n) is 14.4. The number of fused-ring (bicyclic) bond motifs is 6. The van der Waals surface area contributed by atoms with Gasteiger partial charge in [0.1, 0.15) is 0 Å². The zero-order valence-electron chi connectivity index (χ0n) is 31.3. The van der Waals surface area contributed by atoms with Crippen LogP contribution >= 0.6 is 0 Å². The Balaban J connectivity index is 1.25. The quantitative estimate of drug-likeness (QED) is 0.0890. The highest BCUT2D eigenvalue weighted by Gasteiger charge is 2.16. The molecule has 0 saturated carbocycles. The second kappa shape index (κ2) is 14.6. The summed E-state index contributed by atoms with van der Waals surface area (Å²) in [6, 6.07) is 63.6. The van der Waals surface area contributed by atoms with Crippen molar-refractivity contribution in [2.75, 3.05) is 0 Å². The number of benzene rings is 9. The molecular formula is C54H38O2. The summed E-state index contributed by atoms with van der Waals surface area (Å²) in [6.07, 6.45) is 4.47. The lowest BCUT2D eigenvalue weighted by Crippen LogP contribution is -1.95. The minimum atomic E-state index is 0.0507. The summed E-state index contributed by atoms with van der Waals surface area (Å²) in [4.78, 5) is 24.3. The Morgan fingerprint density at radius 2 is 0.643 bits per heavy atom. The number of rotatable bonds is 8. The van der Waals surface area contributed by atoms with Gasteiger partial charge in [0.25, 0.3) is 0 Å². The van der Waals surface area contributed by atoms with E-state index in [1.54, 1.807) is 13.8 Å².